The first-order valence-corrected chi connectivity index (χ1v) is 6.09. The zero-order valence-corrected chi connectivity index (χ0v) is 10.3. The van der Waals surface area contributed by atoms with E-state index in [1.807, 2.05) is 30.3 Å². The lowest BCUT2D eigenvalue weighted by molar-refractivity contribution is -0.304. The molecule has 0 radical (unpaired) electrons. The number of benzene rings is 1. The smallest absolute Gasteiger partial charge is 0.187 e. The molecule has 1 aliphatic rings. The van der Waals surface area contributed by atoms with Gasteiger partial charge in [0.15, 0.2) is 6.29 Å². The minimum atomic E-state index is -1.41. The highest BCUT2D eigenvalue weighted by molar-refractivity contribution is 5.13. The van der Waals surface area contributed by atoms with Crippen LogP contribution >= 0.6 is 0 Å². The third-order valence-electron chi connectivity index (χ3n) is 3.11. The summed E-state index contributed by atoms with van der Waals surface area (Å²) in [5, 5.41) is 38.0. The maximum Gasteiger partial charge on any atom is 0.187 e. The molecule has 1 aromatic rings. The van der Waals surface area contributed by atoms with E-state index in [-0.39, 0.29) is 6.61 Å². The van der Waals surface area contributed by atoms with Crippen LogP contribution in [0.5, 0.6) is 0 Å². The van der Waals surface area contributed by atoms with E-state index in [1.165, 1.54) is 0 Å². The van der Waals surface area contributed by atoms with Crippen LogP contribution in [-0.4, -0.2) is 57.7 Å². The Morgan fingerprint density at radius 3 is 2.32 bits per heavy atom. The van der Waals surface area contributed by atoms with Gasteiger partial charge in [0, 0.05) is 0 Å². The molecular weight excluding hydrogens is 252 g/mol. The van der Waals surface area contributed by atoms with E-state index in [1.54, 1.807) is 0 Å². The van der Waals surface area contributed by atoms with Gasteiger partial charge >= 0.3 is 0 Å². The number of hydrogen-bond acceptors (Lipinski definition) is 6. The van der Waals surface area contributed by atoms with E-state index in [9.17, 15) is 15.3 Å². The summed E-state index contributed by atoms with van der Waals surface area (Å²) >= 11 is 0. The summed E-state index contributed by atoms with van der Waals surface area (Å²) in [6.07, 6.45) is -6.17. The van der Waals surface area contributed by atoms with Crippen LogP contribution in [0, 0.1) is 0 Å². The van der Waals surface area contributed by atoms with Crippen molar-refractivity contribution in [3.05, 3.63) is 35.9 Å². The van der Waals surface area contributed by atoms with Crippen LogP contribution in [0.15, 0.2) is 30.3 Å². The molecular formula is C13H18O6. The number of aliphatic hydroxyl groups is 4. The van der Waals surface area contributed by atoms with E-state index < -0.39 is 37.3 Å². The standard InChI is InChI=1S/C13H18O6/c14-6-9-10(15)11(16)12(17)13(19-9)18-7-8-4-2-1-3-5-8/h1-5,9-17H,6-7H2/t9-,10-,11+,12+,13+/m1/s1. The van der Waals surface area contributed by atoms with Gasteiger partial charge in [-0.3, -0.25) is 0 Å². The van der Waals surface area contributed by atoms with Crippen LogP contribution in [0.1, 0.15) is 5.56 Å². The minimum Gasteiger partial charge on any atom is -0.394 e. The molecule has 2 rings (SSSR count). The molecule has 1 aromatic carbocycles. The predicted octanol–water partition coefficient (Wildman–Crippen LogP) is -0.997. The van der Waals surface area contributed by atoms with E-state index in [2.05, 4.69) is 0 Å². The van der Waals surface area contributed by atoms with Gasteiger partial charge in [0.1, 0.15) is 24.4 Å². The second-order valence-corrected chi connectivity index (χ2v) is 4.49. The van der Waals surface area contributed by atoms with E-state index in [0.29, 0.717) is 0 Å². The topological polar surface area (TPSA) is 99.4 Å². The molecule has 4 N–H and O–H groups in total. The molecule has 6 heteroatoms. The molecule has 0 spiro atoms. The van der Waals surface area contributed by atoms with Gasteiger partial charge in [-0.15, -0.1) is 0 Å². The molecule has 0 unspecified atom stereocenters. The number of ether oxygens (including phenoxy) is 2. The first-order valence-electron chi connectivity index (χ1n) is 6.09. The Labute approximate surface area is 110 Å². The van der Waals surface area contributed by atoms with Gasteiger partial charge < -0.3 is 29.9 Å². The fourth-order valence-corrected chi connectivity index (χ4v) is 1.96. The highest BCUT2D eigenvalue weighted by atomic mass is 16.7. The van der Waals surface area contributed by atoms with Crippen molar-refractivity contribution >= 4 is 0 Å². The van der Waals surface area contributed by atoms with Crippen molar-refractivity contribution < 1.29 is 29.9 Å². The van der Waals surface area contributed by atoms with Gasteiger partial charge in [0.25, 0.3) is 0 Å². The summed E-state index contributed by atoms with van der Waals surface area (Å²) in [4.78, 5) is 0. The van der Waals surface area contributed by atoms with Crippen LogP contribution < -0.4 is 0 Å². The van der Waals surface area contributed by atoms with Crippen molar-refractivity contribution in [3.8, 4) is 0 Å². The van der Waals surface area contributed by atoms with Crippen LogP contribution in [0.3, 0.4) is 0 Å². The largest absolute Gasteiger partial charge is 0.394 e. The quantitative estimate of drug-likeness (QED) is 0.560. The first kappa shape index (κ1) is 14.4. The Hall–Kier alpha value is -1.02. The molecule has 0 saturated carbocycles. The summed E-state index contributed by atoms with van der Waals surface area (Å²) in [6, 6.07) is 9.28. The summed E-state index contributed by atoms with van der Waals surface area (Å²) in [5.41, 5.74) is 0.888. The maximum atomic E-state index is 9.76. The average molecular weight is 270 g/mol. The molecule has 0 aliphatic carbocycles. The number of rotatable bonds is 4. The molecule has 0 bridgehead atoms. The summed E-state index contributed by atoms with van der Waals surface area (Å²) in [7, 11) is 0. The molecule has 1 heterocycles. The molecule has 0 amide bonds. The fraction of sp³-hybridized carbons (Fsp3) is 0.538. The van der Waals surface area contributed by atoms with Crippen molar-refractivity contribution in [2.45, 2.75) is 37.3 Å². The molecule has 6 nitrogen and oxygen atoms in total. The van der Waals surface area contributed by atoms with Gasteiger partial charge in [-0.2, -0.15) is 0 Å². The second kappa shape index (κ2) is 6.42. The monoisotopic (exact) mass is 270 g/mol. The van der Waals surface area contributed by atoms with Crippen LogP contribution in [0.4, 0.5) is 0 Å². The predicted molar refractivity (Wildman–Crippen MR) is 65.0 cm³/mol. The lowest BCUT2D eigenvalue weighted by Crippen LogP contribution is -2.59. The number of aliphatic hydroxyl groups excluding tert-OH is 4. The normalized spacial score (nSPS) is 35.3. The maximum absolute atomic E-state index is 9.76. The lowest BCUT2D eigenvalue weighted by atomic mass is 9.99. The summed E-state index contributed by atoms with van der Waals surface area (Å²) in [6.45, 7) is -0.264. The van der Waals surface area contributed by atoms with Crippen LogP contribution in [-0.2, 0) is 16.1 Å². The highest BCUT2D eigenvalue weighted by Gasteiger charge is 2.43. The first-order chi connectivity index (χ1) is 9.13. The van der Waals surface area contributed by atoms with Crippen molar-refractivity contribution in [2.75, 3.05) is 6.61 Å². The van der Waals surface area contributed by atoms with Crippen molar-refractivity contribution in [3.63, 3.8) is 0 Å². The van der Waals surface area contributed by atoms with Gasteiger partial charge in [0.2, 0.25) is 0 Å². The lowest BCUT2D eigenvalue weighted by Gasteiger charge is -2.39. The third kappa shape index (κ3) is 3.30. The third-order valence-corrected chi connectivity index (χ3v) is 3.11. The minimum absolute atomic E-state index is 0.198. The average Bonchev–Trinajstić information content (AvgIpc) is 2.45. The van der Waals surface area contributed by atoms with Gasteiger partial charge in [-0.1, -0.05) is 30.3 Å². The van der Waals surface area contributed by atoms with Gasteiger partial charge in [0.05, 0.1) is 13.2 Å². The van der Waals surface area contributed by atoms with Crippen molar-refractivity contribution in [1.29, 1.82) is 0 Å². The molecule has 1 fully saturated rings. The Kier molecular flexibility index (Phi) is 4.87. The molecule has 1 aliphatic heterocycles. The summed E-state index contributed by atoms with van der Waals surface area (Å²) < 4.78 is 10.6. The molecule has 19 heavy (non-hydrogen) atoms. The molecule has 106 valence electrons. The Morgan fingerprint density at radius 2 is 1.68 bits per heavy atom. The van der Waals surface area contributed by atoms with E-state index in [0.717, 1.165) is 5.56 Å². The fourth-order valence-electron chi connectivity index (χ4n) is 1.96. The van der Waals surface area contributed by atoms with Crippen molar-refractivity contribution in [1.82, 2.24) is 0 Å². The van der Waals surface area contributed by atoms with Crippen LogP contribution in [0.25, 0.3) is 0 Å². The van der Waals surface area contributed by atoms with Crippen molar-refractivity contribution in [2.24, 2.45) is 0 Å². The number of hydrogen-bond donors (Lipinski definition) is 4. The Bertz CT molecular complexity index is 382. The Balaban J connectivity index is 1.95. The molecule has 5 atom stereocenters. The summed E-state index contributed by atoms with van der Waals surface area (Å²) in [5.74, 6) is 0. The van der Waals surface area contributed by atoms with E-state index in [4.69, 9.17) is 14.6 Å². The zero-order chi connectivity index (χ0) is 13.8. The van der Waals surface area contributed by atoms with Crippen LogP contribution in [0.2, 0.25) is 0 Å². The van der Waals surface area contributed by atoms with Gasteiger partial charge in [-0.25, -0.2) is 0 Å². The second-order valence-electron chi connectivity index (χ2n) is 4.49. The Morgan fingerprint density at radius 1 is 1.00 bits per heavy atom. The van der Waals surface area contributed by atoms with E-state index >= 15 is 0 Å². The highest BCUT2D eigenvalue weighted by Crippen LogP contribution is 2.22. The zero-order valence-electron chi connectivity index (χ0n) is 10.3. The molecule has 1 saturated heterocycles. The SMILES string of the molecule is OC[C@H]1O[C@H](OCc2ccccc2)[C@@H](O)[C@@H](O)[C@@H]1O. The van der Waals surface area contributed by atoms with Gasteiger partial charge in [-0.05, 0) is 5.56 Å². The molecule has 0 aromatic heterocycles.